The molecule has 3 N–H and O–H groups in total. The predicted octanol–water partition coefficient (Wildman–Crippen LogP) is 3.01. The minimum absolute atomic E-state index is 0.515. The number of fused-ring (bicyclic) bond motifs is 1. The van der Waals surface area contributed by atoms with Crippen molar-refractivity contribution in [3.63, 3.8) is 0 Å². The summed E-state index contributed by atoms with van der Waals surface area (Å²) in [4.78, 5) is 10.4. The number of nitrogen functional groups attached to an aromatic ring is 1. The van der Waals surface area contributed by atoms with Crippen molar-refractivity contribution in [3.05, 3.63) is 24.0 Å². The van der Waals surface area contributed by atoms with E-state index in [9.17, 15) is 0 Å². The molecule has 0 bridgehead atoms. The summed E-state index contributed by atoms with van der Waals surface area (Å²) in [5, 5.41) is 0. The van der Waals surface area contributed by atoms with E-state index in [1.165, 1.54) is 0 Å². The molecule has 4 heteroatoms. The molecular formula is C15H24N4. The summed E-state index contributed by atoms with van der Waals surface area (Å²) in [6.07, 6.45) is 0. The SMILES string of the molecule is CC(C)CN(Cc1nc2ccc(N)cc2[nH]1)C(C)C. The summed E-state index contributed by atoms with van der Waals surface area (Å²) < 4.78 is 0. The van der Waals surface area contributed by atoms with Gasteiger partial charge < -0.3 is 10.7 Å². The molecule has 2 rings (SSSR count). The van der Waals surface area contributed by atoms with Crippen molar-refractivity contribution in [1.82, 2.24) is 14.9 Å². The monoisotopic (exact) mass is 260 g/mol. The molecule has 0 unspecified atom stereocenters. The van der Waals surface area contributed by atoms with Crippen molar-refractivity contribution >= 4 is 16.7 Å². The lowest BCUT2D eigenvalue weighted by Gasteiger charge is -2.27. The first-order chi connectivity index (χ1) is 8.95. The van der Waals surface area contributed by atoms with Crippen LogP contribution in [0.25, 0.3) is 11.0 Å². The van der Waals surface area contributed by atoms with Gasteiger partial charge in [0, 0.05) is 18.3 Å². The molecule has 1 aromatic carbocycles. The van der Waals surface area contributed by atoms with Crippen molar-refractivity contribution in [2.75, 3.05) is 12.3 Å². The first-order valence-corrected chi connectivity index (χ1v) is 6.94. The van der Waals surface area contributed by atoms with Crippen LogP contribution in [0.1, 0.15) is 33.5 Å². The second-order valence-electron chi connectivity index (χ2n) is 5.88. The number of hydrogen-bond acceptors (Lipinski definition) is 3. The Labute approximate surface area is 115 Å². The molecule has 1 heterocycles. The molecular weight excluding hydrogens is 236 g/mol. The van der Waals surface area contributed by atoms with Crippen LogP contribution in [-0.4, -0.2) is 27.5 Å². The third-order valence-corrected chi connectivity index (χ3v) is 3.24. The van der Waals surface area contributed by atoms with Gasteiger partial charge >= 0.3 is 0 Å². The Bertz CT molecular complexity index is 542. The van der Waals surface area contributed by atoms with Crippen LogP contribution >= 0.6 is 0 Å². The minimum Gasteiger partial charge on any atom is -0.399 e. The average molecular weight is 260 g/mol. The lowest BCUT2D eigenvalue weighted by molar-refractivity contribution is 0.185. The Morgan fingerprint density at radius 2 is 2.00 bits per heavy atom. The highest BCUT2D eigenvalue weighted by Crippen LogP contribution is 2.17. The summed E-state index contributed by atoms with van der Waals surface area (Å²) in [7, 11) is 0. The number of aromatic nitrogens is 2. The molecule has 0 amide bonds. The molecule has 104 valence electrons. The van der Waals surface area contributed by atoms with Crippen LogP contribution in [0.2, 0.25) is 0 Å². The van der Waals surface area contributed by atoms with Crippen LogP contribution in [0, 0.1) is 5.92 Å². The van der Waals surface area contributed by atoms with Crippen LogP contribution < -0.4 is 5.73 Å². The van der Waals surface area contributed by atoms with Gasteiger partial charge in [0.05, 0.1) is 17.6 Å². The van der Waals surface area contributed by atoms with E-state index in [2.05, 4.69) is 42.6 Å². The fraction of sp³-hybridized carbons (Fsp3) is 0.533. The Morgan fingerprint density at radius 3 is 2.63 bits per heavy atom. The van der Waals surface area contributed by atoms with Gasteiger partial charge in [-0.2, -0.15) is 0 Å². The highest BCUT2D eigenvalue weighted by atomic mass is 15.2. The van der Waals surface area contributed by atoms with E-state index in [1.54, 1.807) is 0 Å². The van der Waals surface area contributed by atoms with E-state index >= 15 is 0 Å². The zero-order chi connectivity index (χ0) is 14.0. The van der Waals surface area contributed by atoms with E-state index in [0.717, 1.165) is 35.6 Å². The number of H-pyrrole nitrogens is 1. The minimum atomic E-state index is 0.515. The second kappa shape index (κ2) is 5.61. The maximum absolute atomic E-state index is 5.79. The molecule has 2 aromatic rings. The van der Waals surface area contributed by atoms with Crippen molar-refractivity contribution in [3.8, 4) is 0 Å². The van der Waals surface area contributed by atoms with Gasteiger partial charge in [-0.25, -0.2) is 4.98 Å². The van der Waals surface area contributed by atoms with Crippen LogP contribution in [0.15, 0.2) is 18.2 Å². The van der Waals surface area contributed by atoms with E-state index in [-0.39, 0.29) is 0 Å². The maximum Gasteiger partial charge on any atom is 0.121 e. The largest absolute Gasteiger partial charge is 0.399 e. The molecule has 1 aromatic heterocycles. The molecule has 0 saturated heterocycles. The molecule has 0 radical (unpaired) electrons. The van der Waals surface area contributed by atoms with E-state index in [0.29, 0.717) is 12.0 Å². The normalized spacial score (nSPS) is 12.2. The summed E-state index contributed by atoms with van der Waals surface area (Å²) in [6, 6.07) is 6.31. The van der Waals surface area contributed by atoms with Crippen LogP contribution in [-0.2, 0) is 6.54 Å². The van der Waals surface area contributed by atoms with Gasteiger partial charge in [-0.3, -0.25) is 4.90 Å². The zero-order valence-electron chi connectivity index (χ0n) is 12.3. The number of benzene rings is 1. The van der Waals surface area contributed by atoms with Crippen molar-refractivity contribution < 1.29 is 0 Å². The standard InChI is InChI=1S/C15H24N4/c1-10(2)8-19(11(3)4)9-15-17-13-6-5-12(16)7-14(13)18-15/h5-7,10-11H,8-9,16H2,1-4H3,(H,17,18). The third-order valence-electron chi connectivity index (χ3n) is 3.24. The summed E-state index contributed by atoms with van der Waals surface area (Å²) in [5.74, 6) is 1.66. The zero-order valence-corrected chi connectivity index (χ0v) is 12.3. The van der Waals surface area contributed by atoms with Crippen molar-refractivity contribution in [2.45, 2.75) is 40.3 Å². The van der Waals surface area contributed by atoms with Gasteiger partial charge in [0.25, 0.3) is 0 Å². The van der Waals surface area contributed by atoms with E-state index < -0.39 is 0 Å². The Morgan fingerprint density at radius 1 is 1.26 bits per heavy atom. The molecule has 0 saturated carbocycles. The summed E-state index contributed by atoms with van der Waals surface area (Å²) >= 11 is 0. The number of nitrogens with two attached hydrogens (primary N) is 1. The molecule has 19 heavy (non-hydrogen) atoms. The van der Waals surface area contributed by atoms with Gasteiger partial charge in [0.1, 0.15) is 5.82 Å². The number of nitrogens with zero attached hydrogens (tertiary/aromatic N) is 2. The second-order valence-corrected chi connectivity index (χ2v) is 5.88. The third kappa shape index (κ3) is 3.47. The summed E-state index contributed by atoms with van der Waals surface area (Å²) in [6.45, 7) is 10.9. The number of anilines is 1. The van der Waals surface area contributed by atoms with Gasteiger partial charge in [-0.1, -0.05) is 13.8 Å². The van der Waals surface area contributed by atoms with E-state index in [1.807, 2.05) is 18.2 Å². The number of aromatic amines is 1. The van der Waals surface area contributed by atoms with Crippen LogP contribution in [0.3, 0.4) is 0 Å². The molecule has 0 aliphatic heterocycles. The van der Waals surface area contributed by atoms with E-state index in [4.69, 9.17) is 5.73 Å². The van der Waals surface area contributed by atoms with Gasteiger partial charge in [0.2, 0.25) is 0 Å². The fourth-order valence-electron chi connectivity index (χ4n) is 2.27. The first-order valence-electron chi connectivity index (χ1n) is 6.94. The highest BCUT2D eigenvalue weighted by Gasteiger charge is 2.14. The Hall–Kier alpha value is -1.55. The van der Waals surface area contributed by atoms with Crippen molar-refractivity contribution in [2.24, 2.45) is 5.92 Å². The topological polar surface area (TPSA) is 57.9 Å². The highest BCUT2D eigenvalue weighted by molar-refractivity contribution is 5.78. The molecule has 0 atom stereocenters. The predicted molar refractivity (Wildman–Crippen MR) is 80.9 cm³/mol. The average Bonchev–Trinajstić information content (AvgIpc) is 2.68. The Balaban J connectivity index is 2.19. The molecule has 0 spiro atoms. The number of hydrogen-bond donors (Lipinski definition) is 2. The van der Waals surface area contributed by atoms with Gasteiger partial charge in [-0.05, 0) is 38.0 Å². The molecule has 0 fully saturated rings. The van der Waals surface area contributed by atoms with Crippen LogP contribution in [0.5, 0.6) is 0 Å². The fourth-order valence-corrected chi connectivity index (χ4v) is 2.27. The first kappa shape index (κ1) is 13.9. The Kier molecular flexibility index (Phi) is 4.10. The molecule has 0 aliphatic carbocycles. The number of rotatable bonds is 5. The smallest absolute Gasteiger partial charge is 0.121 e. The van der Waals surface area contributed by atoms with Gasteiger partial charge in [0.15, 0.2) is 0 Å². The molecule has 4 nitrogen and oxygen atoms in total. The van der Waals surface area contributed by atoms with Crippen LogP contribution in [0.4, 0.5) is 5.69 Å². The number of nitrogens with one attached hydrogen (secondary N) is 1. The lowest BCUT2D eigenvalue weighted by Crippen LogP contribution is -2.33. The molecule has 0 aliphatic rings. The number of imidazole rings is 1. The van der Waals surface area contributed by atoms with Gasteiger partial charge in [-0.15, -0.1) is 0 Å². The maximum atomic E-state index is 5.79. The van der Waals surface area contributed by atoms with Crippen molar-refractivity contribution in [1.29, 1.82) is 0 Å². The lowest BCUT2D eigenvalue weighted by atomic mass is 10.2. The summed E-state index contributed by atoms with van der Waals surface area (Å²) in [5.41, 5.74) is 8.56. The quantitative estimate of drug-likeness (QED) is 0.812.